The molecule has 0 aromatic heterocycles. The van der Waals surface area contributed by atoms with Crippen molar-refractivity contribution >= 4 is 24.8 Å². The van der Waals surface area contributed by atoms with Crippen molar-refractivity contribution < 1.29 is 13.2 Å². The van der Waals surface area contributed by atoms with Crippen LogP contribution in [0, 0.1) is 13.8 Å². The Morgan fingerprint density at radius 1 is 1.14 bits per heavy atom. The number of hydrogen-bond donors (Lipinski definition) is 1. The van der Waals surface area contributed by atoms with Gasteiger partial charge in [-0.1, -0.05) is 23.8 Å². The van der Waals surface area contributed by atoms with Gasteiger partial charge in [-0.15, -0.1) is 24.8 Å². The molecule has 0 spiro atoms. The predicted octanol–water partition coefficient (Wildman–Crippen LogP) is 4.05. The van der Waals surface area contributed by atoms with E-state index in [4.69, 9.17) is 0 Å². The number of hydrogen-bond acceptors (Lipinski definition) is 2. The Morgan fingerprint density at radius 3 is 2.27 bits per heavy atom. The fourth-order valence-electron chi connectivity index (χ4n) is 2.77. The molecule has 2 rings (SSSR count). The van der Waals surface area contributed by atoms with E-state index in [1.165, 1.54) is 0 Å². The van der Waals surface area contributed by atoms with Gasteiger partial charge in [-0.3, -0.25) is 4.90 Å². The first-order valence-corrected chi connectivity index (χ1v) is 6.95. The van der Waals surface area contributed by atoms with Crippen LogP contribution in [0.3, 0.4) is 0 Å². The third kappa shape index (κ3) is 5.95. The van der Waals surface area contributed by atoms with Gasteiger partial charge >= 0.3 is 6.18 Å². The smallest absolute Gasteiger partial charge is 0.314 e. The first-order chi connectivity index (χ1) is 9.37. The second kappa shape index (κ2) is 8.96. The standard InChI is InChI=1S/C15H21F3N2.2ClH/c1-11-3-4-12(2)13(9-11)14(10-15(16,17)18)20-7-5-19-6-8-20;;/h3-4,9,14,19H,5-8,10H2,1-2H3;2*1H/t14-;;/m0../s1. The summed E-state index contributed by atoms with van der Waals surface area (Å²) in [5, 5.41) is 3.19. The molecular formula is C15H23Cl2F3N2. The lowest BCUT2D eigenvalue weighted by molar-refractivity contribution is -0.148. The summed E-state index contributed by atoms with van der Waals surface area (Å²) in [7, 11) is 0. The Labute approximate surface area is 142 Å². The van der Waals surface area contributed by atoms with Crippen LogP contribution in [0.5, 0.6) is 0 Å². The lowest BCUT2D eigenvalue weighted by atomic mass is 9.95. The molecule has 1 aliphatic rings. The topological polar surface area (TPSA) is 15.3 Å². The Bertz CT molecular complexity index is 461. The molecule has 0 amide bonds. The summed E-state index contributed by atoms with van der Waals surface area (Å²) < 4.78 is 38.8. The van der Waals surface area contributed by atoms with Gasteiger partial charge in [0.05, 0.1) is 6.42 Å². The minimum Gasteiger partial charge on any atom is -0.314 e. The van der Waals surface area contributed by atoms with Gasteiger partial charge in [-0.2, -0.15) is 13.2 Å². The van der Waals surface area contributed by atoms with E-state index in [9.17, 15) is 13.2 Å². The molecule has 1 heterocycles. The van der Waals surface area contributed by atoms with Gasteiger partial charge in [0.2, 0.25) is 0 Å². The first kappa shape index (κ1) is 21.5. The van der Waals surface area contributed by atoms with E-state index in [-0.39, 0.29) is 24.8 Å². The summed E-state index contributed by atoms with van der Waals surface area (Å²) in [6.45, 7) is 6.63. The van der Waals surface area contributed by atoms with E-state index < -0.39 is 18.6 Å². The molecule has 0 aliphatic carbocycles. The van der Waals surface area contributed by atoms with Crippen molar-refractivity contribution in [3.05, 3.63) is 34.9 Å². The highest BCUT2D eigenvalue weighted by Gasteiger charge is 2.36. The summed E-state index contributed by atoms with van der Waals surface area (Å²) in [5.41, 5.74) is 2.75. The predicted molar refractivity (Wildman–Crippen MR) is 88.3 cm³/mol. The number of piperazine rings is 1. The lowest BCUT2D eigenvalue weighted by Gasteiger charge is -2.36. The molecule has 7 heteroatoms. The number of rotatable bonds is 3. The monoisotopic (exact) mass is 358 g/mol. The second-order valence-corrected chi connectivity index (χ2v) is 5.48. The number of benzene rings is 1. The van der Waals surface area contributed by atoms with E-state index in [2.05, 4.69) is 5.32 Å². The van der Waals surface area contributed by atoms with E-state index >= 15 is 0 Å². The van der Waals surface area contributed by atoms with Crippen LogP contribution in [0.4, 0.5) is 13.2 Å². The number of aryl methyl sites for hydroxylation is 2. The average molecular weight is 359 g/mol. The van der Waals surface area contributed by atoms with Crippen LogP contribution >= 0.6 is 24.8 Å². The van der Waals surface area contributed by atoms with Crippen molar-refractivity contribution in [2.24, 2.45) is 0 Å². The maximum atomic E-state index is 12.9. The van der Waals surface area contributed by atoms with Gasteiger partial charge in [-0.25, -0.2) is 0 Å². The highest BCUT2D eigenvalue weighted by atomic mass is 35.5. The van der Waals surface area contributed by atoms with Crippen molar-refractivity contribution in [3.8, 4) is 0 Å². The molecule has 0 bridgehead atoms. The van der Waals surface area contributed by atoms with Crippen LogP contribution in [-0.4, -0.2) is 37.3 Å². The van der Waals surface area contributed by atoms with Crippen LogP contribution in [-0.2, 0) is 0 Å². The second-order valence-electron chi connectivity index (χ2n) is 5.48. The van der Waals surface area contributed by atoms with Gasteiger partial charge in [0.15, 0.2) is 0 Å². The molecule has 1 atom stereocenters. The minimum absolute atomic E-state index is 0. The van der Waals surface area contributed by atoms with E-state index in [0.29, 0.717) is 13.1 Å². The van der Waals surface area contributed by atoms with E-state index in [0.717, 1.165) is 29.8 Å². The molecule has 1 aromatic rings. The van der Waals surface area contributed by atoms with Crippen molar-refractivity contribution in [3.63, 3.8) is 0 Å². The van der Waals surface area contributed by atoms with Crippen molar-refractivity contribution in [2.45, 2.75) is 32.5 Å². The summed E-state index contributed by atoms with van der Waals surface area (Å²) in [5.74, 6) is 0. The fraction of sp³-hybridized carbons (Fsp3) is 0.600. The summed E-state index contributed by atoms with van der Waals surface area (Å²) >= 11 is 0. The minimum atomic E-state index is -4.15. The molecule has 128 valence electrons. The molecule has 0 radical (unpaired) electrons. The Balaban J connectivity index is 0.00000220. The third-order valence-corrected chi connectivity index (χ3v) is 3.81. The highest BCUT2D eigenvalue weighted by Crippen LogP contribution is 2.35. The zero-order chi connectivity index (χ0) is 14.8. The van der Waals surface area contributed by atoms with Gasteiger partial charge in [0.25, 0.3) is 0 Å². The highest BCUT2D eigenvalue weighted by molar-refractivity contribution is 5.85. The SMILES string of the molecule is Cc1ccc(C)c([C@H](CC(F)(F)F)N2CCNCC2)c1.Cl.Cl. The van der Waals surface area contributed by atoms with Crippen LogP contribution in [0.2, 0.25) is 0 Å². The van der Waals surface area contributed by atoms with Crippen LogP contribution in [0.25, 0.3) is 0 Å². The van der Waals surface area contributed by atoms with Gasteiger partial charge < -0.3 is 5.32 Å². The fourth-order valence-corrected chi connectivity index (χ4v) is 2.77. The number of nitrogens with one attached hydrogen (secondary N) is 1. The van der Waals surface area contributed by atoms with Crippen LogP contribution in [0.15, 0.2) is 18.2 Å². The zero-order valence-corrected chi connectivity index (χ0v) is 14.4. The molecule has 22 heavy (non-hydrogen) atoms. The summed E-state index contributed by atoms with van der Waals surface area (Å²) in [6.07, 6.45) is -4.93. The molecule has 0 unspecified atom stereocenters. The summed E-state index contributed by atoms with van der Waals surface area (Å²) in [6, 6.07) is 5.18. The number of halogens is 5. The van der Waals surface area contributed by atoms with Gasteiger partial charge in [0, 0.05) is 32.2 Å². The Kier molecular flexibility index (Phi) is 8.77. The average Bonchev–Trinajstić information content (AvgIpc) is 2.39. The van der Waals surface area contributed by atoms with Crippen LogP contribution in [0.1, 0.15) is 29.2 Å². The number of alkyl halides is 3. The normalized spacial score (nSPS) is 17.3. The molecule has 1 aromatic carbocycles. The quantitative estimate of drug-likeness (QED) is 0.876. The maximum absolute atomic E-state index is 12.9. The molecule has 1 saturated heterocycles. The first-order valence-electron chi connectivity index (χ1n) is 6.95. The van der Waals surface area contributed by atoms with Crippen molar-refractivity contribution in [2.75, 3.05) is 26.2 Å². The van der Waals surface area contributed by atoms with E-state index in [1.54, 1.807) is 0 Å². The van der Waals surface area contributed by atoms with Gasteiger partial charge in [-0.05, 0) is 25.0 Å². The largest absolute Gasteiger partial charge is 0.390 e. The van der Waals surface area contributed by atoms with Crippen LogP contribution < -0.4 is 5.32 Å². The van der Waals surface area contributed by atoms with E-state index in [1.807, 2.05) is 36.9 Å². The third-order valence-electron chi connectivity index (χ3n) is 3.81. The zero-order valence-electron chi connectivity index (χ0n) is 12.7. The lowest BCUT2D eigenvalue weighted by Crippen LogP contribution is -2.46. The maximum Gasteiger partial charge on any atom is 0.390 e. The van der Waals surface area contributed by atoms with Gasteiger partial charge in [0.1, 0.15) is 0 Å². The molecule has 2 nitrogen and oxygen atoms in total. The number of nitrogens with zero attached hydrogens (tertiary/aromatic N) is 1. The molecule has 1 N–H and O–H groups in total. The van der Waals surface area contributed by atoms with Crippen molar-refractivity contribution in [1.29, 1.82) is 0 Å². The molecule has 1 aliphatic heterocycles. The summed E-state index contributed by atoms with van der Waals surface area (Å²) in [4.78, 5) is 1.95. The molecule has 0 saturated carbocycles. The Morgan fingerprint density at radius 2 is 1.73 bits per heavy atom. The molecule has 1 fully saturated rings. The molecular weight excluding hydrogens is 336 g/mol. The Hall–Kier alpha value is -0.490. The van der Waals surface area contributed by atoms with Crippen molar-refractivity contribution in [1.82, 2.24) is 10.2 Å².